The fourth-order valence-corrected chi connectivity index (χ4v) is 1.91. The molecule has 0 aliphatic rings. The molecule has 0 atom stereocenters. The predicted molar refractivity (Wildman–Crippen MR) is 77.1 cm³/mol. The fraction of sp³-hybridized carbons (Fsp3) is 0.0588. The maximum atomic E-state index is 12.8. The number of carbonyl (C=O) groups is 1. The average Bonchev–Trinajstić information content (AvgIpc) is 3.03. The van der Waals surface area contributed by atoms with E-state index >= 15 is 0 Å². The van der Waals surface area contributed by atoms with E-state index in [4.69, 9.17) is 9.26 Å². The molecule has 0 bridgehead atoms. The summed E-state index contributed by atoms with van der Waals surface area (Å²) in [5, 5.41) is 3.75. The molecule has 3 rings (SSSR count). The van der Waals surface area contributed by atoms with Gasteiger partial charge in [-0.25, -0.2) is 4.39 Å². The molecule has 2 aromatic carbocycles. The Bertz CT molecular complexity index is 766. The van der Waals surface area contributed by atoms with Gasteiger partial charge in [-0.05, 0) is 24.3 Å². The topological polar surface area (TPSA) is 52.3 Å². The SMILES string of the molecule is O=C(c1ccccc1)c1cc(COc2ccc(F)cc2)on1. The Hall–Kier alpha value is -2.95. The number of hydrogen-bond donors (Lipinski definition) is 0. The fourth-order valence-electron chi connectivity index (χ4n) is 1.91. The smallest absolute Gasteiger partial charge is 0.214 e. The van der Waals surface area contributed by atoms with Crippen molar-refractivity contribution in [3.63, 3.8) is 0 Å². The summed E-state index contributed by atoms with van der Waals surface area (Å²) in [7, 11) is 0. The van der Waals surface area contributed by atoms with Crippen LogP contribution in [0.4, 0.5) is 4.39 Å². The Kier molecular flexibility index (Phi) is 3.96. The standard InChI is InChI=1S/C17H12FNO3/c18-13-6-8-14(9-7-13)21-11-15-10-16(19-22-15)17(20)12-4-2-1-3-5-12/h1-10H,11H2. The molecule has 110 valence electrons. The second-order valence-electron chi connectivity index (χ2n) is 4.62. The van der Waals surface area contributed by atoms with Crippen molar-refractivity contribution >= 4 is 5.78 Å². The van der Waals surface area contributed by atoms with Crippen molar-refractivity contribution in [3.05, 3.63) is 83.5 Å². The Morgan fingerprint density at radius 1 is 1.09 bits per heavy atom. The molecule has 0 radical (unpaired) electrons. The molecule has 0 saturated heterocycles. The van der Waals surface area contributed by atoms with Crippen LogP contribution >= 0.6 is 0 Å². The van der Waals surface area contributed by atoms with E-state index in [-0.39, 0.29) is 23.9 Å². The highest BCUT2D eigenvalue weighted by Crippen LogP contribution is 2.15. The summed E-state index contributed by atoms with van der Waals surface area (Å²) in [4.78, 5) is 12.2. The minimum Gasteiger partial charge on any atom is -0.486 e. The van der Waals surface area contributed by atoms with Crippen LogP contribution in [0.3, 0.4) is 0 Å². The third kappa shape index (κ3) is 3.20. The van der Waals surface area contributed by atoms with Gasteiger partial charge in [-0.15, -0.1) is 0 Å². The van der Waals surface area contributed by atoms with Crippen molar-refractivity contribution in [1.29, 1.82) is 0 Å². The highest BCUT2D eigenvalue weighted by Gasteiger charge is 2.14. The Balaban J connectivity index is 1.66. The number of ether oxygens (including phenoxy) is 1. The summed E-state index contributed by atoms with van der Waals surface area (Å²) in [6.45, 7) is 0.112. The van der Waals surface area contributed by atoms with Gasteiger partial charge in [-0.3, -0.25) is 4.79 Å². The number of nitrogens with zero attached hydrogens (tertiary/aromatic N) is 1. The first-order chi connectivity index (χ1) is 10.7. The molecule has 0 spiro atoms. The van der Waals surface area contributed by atoms with Crippen LogP contribution in [-0.4, -0.2) is 10.9 Å². The minimum atomic E-state index is -0.331. The van der Waals surface area contributed by atoms with Crippen molar-refractivity contribution < 1.29 is 18.4 Å². The zero-order chi connectivity index (χ0) is 15.4. The molecule has 5 heteroatoms. The Morgan fingerprint density at radius 2 is 1.82 bits per heavy atom. The zero-order valence-corrected chi connectivity index (χ0v) is 11.5. The first kappa shape index (κ1) is 14.0. The molecule has 0 saturated carbocycles. The van der Waals surface area contributed by atoms with Crippen molar-refractivity contribution in [3.8, 4) is 5.75 Å². The van der Waals surface area contributed by atoms with E-state index in [0.717, 1.165) is 0 Å². The molecular formula is C17H12FNO3. The molecule has 0 unspecified atom stereocenters. The third-order valence-electron chi connectivity index (χ3n) is 3.02. The van der Waals surface area contributed by atoms with Crippen molar-refractivity contribution in [2.45, 2.75) is 6.61 Å². The van der Waals surface area contributed by atoms with Gasteiger partial charge < -0.3 is 9.26 Å². The lowest BCUT2D eigenvalue weighted by Crippen LogP contribution is -2.00. The Labute approximate surface area is 126 Å². The number of benzene rings is 2. The first-order valence-corrected chi connectivity index (χ1v) is 6.66. The average molecular weight is 297 g/mol. The molecule has 0 fully saturated rings. The van der Waals surface area contributed by atoms with Crippen LogP contribution in [0.2, 0.25) is 0 Å². The van der Waals surface area contributed by atoms with E-state index in [9.17, 15) is 9.18 Å². The lowest BCUT2D eigenvalue weighted by atomic mass is 10.1. The normalized spacial score (nSPS) is 10.4. The van der Waals surface area contributed by atoms with Crippen LogP contribution in [0.5, 0.6) is 5.75 Å². The van der Waals surface area contributed by atoms with Crippen molar-refractivity contribution in [1.82, 2.24) is 5.16 Å². The molecule has 4 nitrogen and oxygen atoms in total. The number of rotatable bonds is 5. The number of ketones is 1. The lowest BCUT2D eigenvalue weighted by Gasteiger charge is -2.02. The van der Waals surface area contributed by atoms with Gasteiger partial charge in [-0.1, -0.05) is 35.5 Å². The lowest BCUT2D eigenvalue weighted by molar-refractivity contribution is 0.103. The van der Waals surface area contributed by atoms with Gasteiger partial charge in [-0.2, -0.15) is 0 Å². The molecule has 0 aliphatic heterocycles. The number of halogens is 1. The van der Waals surface area contributed by atoms with Crippen molar-refractivity contribution in [2.24, 2.45) is 0 Å². The van der Waals surface area contributed by atoms with E-state index in [1.807, 2.05) is 6.07 Å². The molecule has 1 heterocycles. The third-order valence-corrected chi connectivity index (χ3v) is 3.02. The zero-order valence-electron chi connectivity index (χ0n) is 11.5. The maximum absolute atomic E-state index is 12.8. The predicted octanol–water partition coefficient (Wildman–Crippen LogP) is 3.62. The second kappa shape index (κ2) is 6.22. The summed E-state index contributed by atoms with van der Waals surface area (Å²) < 4.78 is 23.3. The summed E-state index contributed by atoms with van der Waals surface area (Å²) >= 11 is 0. The molecule has 22 heavy (non-hydrogen) atoms. The van der Waals surface area contributed by atoms with Crippen LogP contribution in [-0.2, 0) is 6.61 Å². The molecule has 3 aromatic rings. The molecule has 0 amide bonds. The van der Waals surface area contributed by atoms with E-state index < -0.39 is 0 Å². The van der Waals surface area contributed by atoms with E-state index in [1.165, 1.54) is 24.3 Å². The number of hydrogen-bond acceptors (Lipinski definition) is 4. The first-order valence-electron chi connectivity index (χ1n) is 6.66. The van der Waals surface area contributed by atoms with E-state index in [0.29, 0.717) is 17.1 Å². The summed E-state index contributed by atoms with van der Waals surface area (Å²) in [5.41, 5.74) is 0.769. The summed E-state index contributed by atoms with van der Waals surface area (Å²) in [6, 6.07) is 16.0. The number of aromatic nitrogens is 1. The number of carbonyl (C=O) groups excluding carboxylic acids is 1. The van der Waals surface area contributed by atoms with Crippen LogP contribution in [0.15, 0.2) is 65.2 Å². The highest BCUT2D eigenvalue weighted by molar-refractivity contribution is 6.07. The van der Waals surface area contributed by atoms with Gasteiger partial charge in [0, 0.05) is 11.6 Å². The van der Waals surface area contributed by atoms with Gasteiger partial charge in [0.25, 0.3) is 0 Å². The second-order valence-corrected chi connectivity index (χ2v) is 4.62. The van der Waals surface area contributed by atoms with Crippen LogP contribution in [0, 0.1) is 5.82 Å². The molecule has 0 N–H and O–H groups in total. The minimum absolute atomic E-state index is 0.112. The molecule has 1 aromatic heterocycles. The van der Waals surface area contributed by atoms with Gasteiger partial charge >= 0.3 is 0 Å². The van der Waals surface area contributed by atoms with Gasteiger partial charge in [0.2, 0.25) is 5.78 Å². The van der Waals surface area contributed by atoms with Crippen LogP contribution < -0.4 is 4.74 Å². The maximum Gasteiger partial charge on any atom is 0.214 e. The summed E-state index contributed by atoms with van der Waals surface area (Å²) in [6.07, 6.45) is 0. The quantitative estimate of drug-likeness (QED) is 0.675. The largest absolute Gasteiger partial charge is 0.486 e. The monoisotopic (exact) mass is 297 g/mol. The van der Waals surface area contributed by atoms with Crippen LogP contribution in [0.25, 0.3) is 0 Å². The van der Waals surface area contributed by atoms with Gasteiger partial charge in [0.15, 0.2) is 11.5 Å². The van der Waals surface area contributed by atoms with E-state index in [2.05, 4.69) is 5.16 Å². The van der Waals surface area contributed by atoms with Gasteiger partial charge in [0.1, 0.15) is 18.2 Å². The highest BCUT2D eigenvalue weighted by atomic mass is 19.1. The molecular weight excluding hydrogens is 285 g/mol. The van der Waals surface area contributed by atoms with Gasteiger partial charge in [0.05, 0.1) is 0 Å². The van der Waals surface area contributed by atoms with E-state index in [1.54, 1.807) is 30.3 Å². The molecule has 0 aliphatic carbocycles. The summed E-state index contributed by atoms with van der Waals surface area (Å²) in [5.74, 6) is 0.387. The Morgan fingerprint density at radius 3 is 2.55 bits per heavy atom. The van der Waals surface area contributed by atoms with Crippen LogP contribution in [0.1, 0.15) is 21.8 Å². The van der Waals surface area contributed by atoms with Crippen molar-refractivity contribution in [2.75, 3.05) is 0 Å².